The monoisotopic (exact) mass is 226 g/mol. The molecule has 1 unspecified atom stereocenters. The highest BCUT2D eigenvalue weighted by Gasteiger charge is 2.26. The van der Waals surface area contributed by atoms with Crippen LogP contribution in [0, 0.1) is 5.92 Å². The van der Waals surface area contributed by atoms with E-state index >= 15 is 0 Å². The lowest BCUT2D eigenvalue weighted by Crippen LogP contribution is -2.47. The van der Waals surface area contributed by atoms with Crippen LogP contribution >= 0.6 is 0 Å². The van der Waals surface area contributed by atoms with Gasteiger partial charge in [0, 0.05) is 13.0 Å². The van der Waals surface area contributed by atoms with Gasteiger partial charge in [0.2, 0.25) is 5.91 Å². The van der Waals surface area contributed by atoms with Crippen LogP contribution < -0.4 is 5.32 Å². The molecule has 0 saturated carbocycles. The van der Waals surface area contributed by atoms with Gasteiger partial charge in [-0.2, -0.15) is 0 Å². The van der Waals surface area contributed by atoms with Gasteiger partial charge in [-0.1, -0.05) is 0 Å². The number of nitrogens with one attached hydrogen (secondary N) is 1. The first-order chi connectivity index (χ1) is 7.77. The van der Waals surface area contributed by atoms with E-state index in [0.29, 0.717) is 25.0 Å². The normalized spacial score (nSPS) is 28.1. The van der Waals surface area contributed by atoms with Crippen molar-refractivity contribution in [2.75, 3.05) is 32.8 Å². The second kappa shape index (κ2) is 5.64. The largest absolute Gasteiger partial charge is 0.377 e. The highest BCUT2D eigenvalue weighted by atomic mass is 16.5. The van der Waals surface area contributed by atoms with Crippen LogP contribution in [0.3, 0.4) is 0 Å². The van der Waals surface area contributed by atoms with E-state index in [2.05, 4.69) is 12.2 Å². The molecular weight excluding hydrogens is 204 g/mol. The van der Waals surface area contributed by atoms with E-state index in [0.717, 1.165) is 38.9 Å². The molecule has 16 heavy (non-hydrogen) atoms. The predicted octanol–water partition coefficient (Wildman–Crippen LogP) is 0.623. The van der Waals surface area contributed by atoms with Gasteiger partial charge in [-0.25, -0.2) is 0 Å². The molecule has 1 N–H and O–H groups in total. The number of hydrogen-bond donors (Lipinski definition) is 1. The number of morpholine rings is 1. The number of amides is 1. The maximum atomic E-state index is 12.1. The van der Waals surface area contributed by atoms with Crippen LogP contribution in [-0.4, -0.2) is 49.7 Å². The van der Waals surface area contributed by atoms with Crippen molar-refractivity contribution in [2.45, 2.75) is 32.2 Å². The molecule has 0 spiro atoms. The van der Waals surface area contributed by atoms with Gasteiger partial charge in [-0.15, -0.1) is 0 Å². The third-order valence-corrected chi connectivity index (χ3v) is 3.61. The summed E-state index contributed by atoms with van der Waals surface area (Å²) in [7, 11) is 0. The highest BCUT2D eigenvalue weighted by molar-refractivity contribution is 5.76. The predicted molar refractivity (Wildman–Crippen MR) is 62.2 cm³/mol. The Morgan fingerprint density at radius 3 is 2.88 bits per heavy atom. The molecule has 0 aromatic rings. The van der Waals surface area contributed by atoms with Crippen molar-refractivity contribution in [1.29, 1.82) is 0 Å². The number of rotatable bonds is 2. The van der Waals surface area contributed by atoms with Crippen LogP contribution in [0.5, 0.6) is 0 Å². The molecule has 92 valence electrons. The maximum absolute atomic E-state index is 12.1. The van der Waals surface area contributed by atoms with Crippen LogP contribution in [0.15, 0.2) is 0 Å². The summed E-state index contributed by atoms with van der Waals surface area (Å²) in [6.45, 7) is 6.36. The second-order valence-corrected chi connectivity index (χ2v) is 4.91. The lowest BCUT2D eigenvalue weighted by Gasteiger charge is -2.34. The first-order valence-corrected chi connectivity index (χ1v) is 6.35. The zero-order chi connectivity index (χ0) is 11.4. The molecule has 0 aromatic carbocycles. The van der Waals surface area contributed by atoms with E-state index in [9.17, 15) is 4.79 Å². The third kappa shape index (κ3) is 2.95. The van der Waals surface area contributed by atoms with E-state index in [1.807, 2.05) is 4.90 Å². The first-order valence-electron chi connectivity index (χ1n) is 6.35. The molecule has 4 nitrogen and oxygen atoms in total. The fourth-order valence-electron chi connectivity index (χ4n) is 2.55. The van der Waals surface area contributed by atoms with Crippen LogP contribution in [0.25, 0.3) is 0 Å². The molecule has 2 fully saturated rings. The van der Waals surface area contributed by atoms with E-state index in [-0.39, 0.29) is 6.04 Å². The van der Waals surface area contributed by atoms with Crippen LogP contribution in [0.1, 0.15) is 26.2 Å². The number of nitrogens with zero attached hydrogens (tertiary/aromatic N) is 1. The Morgan fingerprint density at radius 2 is 2.19 bits per heavy atom. The summed E-state index contributed by atoms with van der Waals surface area (Å²) in [6, 6.07) is 0.253. The molecule has 2 saturated heterocycles. The van der Waals surface area contributed by atoms with Gasteiger partial charge in [-0.3, -0.25) is 4.79 Å². The molecule has 2 aliphatic heterocycles. The summed E-state index contributed by atoms with van der Waals surface area (Å²) in [5.74, 6) is 0.909. The topological polar surface area (TPSA) is 41.6 Å². The fourth-order valence-corrected chi connectivity index (χ4v) is 2.55. The average molecular weight is 226 g/mol. The summed E-state index contributed by atoms with van der Waals surface area (Å²) < 4.78 is 5.35. The maximum Gasteiger partial charge on any atom is 0.223 e. The van der Waals surface area contributed by atoms with Gasteiger partial charge in [0.1, 0.15) is 0 Å². The Balaban J connectivity index is 1.81. The highest BCUT2D eigenvalue weighted by Crippen LogP contribution is 2.18. The van der Waals surface area contributed by atoms with Crippen molar-refractivity contribution in [1.82, 2.24) is 10.2 Å². The van der Waals surface area contributed by atoms with Gasteiger partial charge in [0.15, 0.2) is 0 Å². The Kier molecular flexibility index (Phi) is 4.18. The molecule has 2 heterocycles. The van der Waals surface area contributed by atoms with Crippen LogP contribution in [0.4, 0.5) is 0 Å². The van der Waals surface area contributed by atoms with Crippen molar-refractivity contribution in [3.05, 3.63) is 0 Å². The molecule has 2 aliphatic rings. The standard InChI is InChI=1S/C12H22N2O2/c1-10-9-16-7-6-14(10)12(15)8-11-2-4-13-5-3-11/h10-11,13H,2-9H2,1H3. The third-order valence-electron chi connectivity index (χ3n) is 3.61. The Morgan fingerprint density at radius 1 is 1.44 bits per heavy atom. The molecule has 0 radical (unpaired) electrons. The minimum absolute atomic E-state index is 0.253. The SMILES string of the molecule is CC1COCCN1C(=O)CC1CCNCC1. The molecule has 1 amide bonds. The van der Waals surface area contributed by atoms with Gasteiger partial charge in [0.25, 0.3) is 0 Å². The van der Waals surface area contributed by atoms with E-state index in [1.54, 1.807) is 0 Å². The smallest absolute Gasteiger partial charge is 0.223 e. The second-order valence-electron chi connectivity index (χ2n) is 4.91. The van der Waals surface area contributed by atoms with Crippen LogP contribution in [-0.2, 0) is 9.53 Å². The first kappa shape index (κ1) is 11.9. The molecule has 0 aliphatic carbocycles. The fraction of sp³-hybridized carbons (Fsp3) is 0.917. The number of carbonyl (C=O) groups excluding carboxylic acids is 1. The number of hydrogen-bond acceptors (Lipinski definition) is 3. The Labute approximate surface area is 97.3 Å². The summed E-state index contributed by atoms with van der Waals surface area (Å²) >= 11 is 0. The quantitative estimate of drug-likeness (QED) is 0.750. The molecule has 1 atom stereocenters. The van der Waals surface area contributed by atoms with Crippen molar-refractivity contribution in [2.24, 2.45) is 5.92 Å². The summed E-state index contributed by atoms with van der Waals surface area (Å²) in [4.78, 5) is 14.1. The molecule has 0 aromatic heterocycles. The number of carbonyl (C=O) groups is 1. The van der Waals surface area contributed by atoms with Crippen LogP contribution in [0.2, 0.25) is 0 Å². The Bertz CT molecular complexity index is 239. The molecule has 0 bridgehead atoms. The lowest BCUT2D eigenvalue weighted by molar-refractivity contribution is -0.140. The van der Waals surface area contributed by atoms with Crippen molar-refractivity contribution < 1.29 is 9.53 Å². The zero-order valence-corrected chi connectivity index (χ0v) is 10.1. The number of piperidine rings is 1. The van der Waals surface area contributed by atoms with Crippen molar-refractivity contribution >= 4 is 5.91 Å². The number of ether oxygens (including phenoxy) is 1. The minimum Gasteiger partial charge on any atom is -0.377 e. The molecular formula is C12H22N2O2. The van der Waals surface area contributed by atoms with Gasteiger partial charge < -0.3 is 15.0 Å². The lowest BCUT2D eigenvalue weighted by atomic mass is 9.94. The average Bonchev–Trinajstić information content (AvgIpc) is 2.31. The van der Waals surface area contributed by atoms with E-state index in [4.69, 9.17) is 4.74 Å². The van der Waals surface area contributed by atoms with Gasteiger partial charge >= 0.3 is 0 Å². The molecule has 4 heteroatoms. The minimum atomic E-state index is 0.253. The zero-order valence-electron chi connectivity index (χ0n) is 10.1. The van der Waals surface area contributed by atoms with Crippen molar-refractivity contribution in [3.63, 3.8) is 0 Å². The van der Waals surface area contributed by atoms with Crippen molar-refractivity contribution in [3.8, 4) is 0 Å². The summed E-state index contributed by atoms with van der Waals surface area (Å²) in [5, 5.41) is 3.33. The van der Waals surface area contributed by atoms with E-state index in [1.165, 1.54) is 0 Å². The summed E-state index contributed by atoms with van der Waals surface area (Å²) in [6.07, 6.45) is 3.01. The summed E-state index contributed by atoms with van der Waals surface area (Å²) in [5.41, 5.74) is 0. The van der Waals surface area contributed by atoms with Gasteiger partial charge in [0.05, 0.1) is 19.3 Å². The molecule has 2 rings (SSSR count). The Hall–Kier alpha value is -0.610. The van der Waals surface area contributed by atoms with Gasteiger partial charge in [-0.05, 0) is 38.8 Å². The van der Waals surface area contributed by atoms with E-state index < -0.39 is 0 Å².